The molecule has 6 nitrogen and oxygen atoms in total. The van der Waals surface area contributed by atoms with Crippen molar-refractivity contribution in [3.63, 3.8) is 0 Å². The van der Waals surface area contributed by atoms with Crippen LogP contribution in [0.4, 0.5) is 0 Å². The molecule has 0 aliphatic rings. The van der Waals surface area contributed by atoms with Gasteiger partial charge in [-0.2, -0.15) is 0 Å². The molecule has 1 unspecified atom stereocenters. The fourth-order valence-corrected chi connectivity index (χ4v) is 7.70. The molecule has 0 aliphatic heterocycles. The summed E-state index contributed by atoms with van der Waals surface area (Å²) in [4.78, 5) is 38.3. The third kappa shape index (κ3) is 64.7. The third-order valence-electron chi connectivity index (χ3n) is 12.3. The normalized spacial score (nSPS) is 13.6. The lowest BCUT2D eigenvalue weighted by Crippen LogP contribution is -2.30. The van der Waals surface area contributed by atoms with Crippen LogP contribution in [-0.4, -0.2) is 37.2 Å². The zero-order valence-electron chi connectivity index (χ0n) is 51.2. The highest BCUT2D eigenvalue weighted by Gasteiger charge is 2.19. The Labute approximate surface area is 496 Å². The molecule has 0 bridgehead atoms. The number of rotatable bonds is 54. The van der Waals surface area contributed by atoms with Gasteiger partial charge in [-0.05, 0) is 148 Å². The van der Waals surface area contributed by atoms with Gasteiger partial charge in [0, 0.05) is 12.8 Å². The summed E-state index contributed by atoms with van der Waals surface area (Å²) in [7, 11) is 0. The van der Waals surface area contributed by atoms with Crippen molar-refractivity contribution in [3.8, 4) is 0 Å². The second-order valence-corrected chi connectivity index (χ2v) is 19.8. The van der Waals surface area contributed by atoms with E-state index in [2.05, 4.69) is 215 Å². The Bertz CT molecular complexity index is 2000. The lowest BCUT2D eigenvalue weighted by atomic mass is 10.1. The van der Waals surface area contributed by atoms with Gasteiger partial charge in [-0.25, -0.2) is 0 Å². The van der Waals surface area contributed by atoms with Gasteiger partial charge < -0.3 is 14.2 Å². The zero-order chi connectivity index (χ0) is 58.5. The summed E-state index contributed by atoms with van der Waals surface area (Å²) >= 11 is 0. The molecule has 81 heavy (non-hydrogen) atoms. The second kappa shape index (κ2) is 66.5. The Morgan fingerprint density at radius 1 is 0.259 bits per heavy atom. The molecular formula is C75H112O6. The fraction of sp³-hybridized carbons (Fsp3) is 0.507. The van der Waals surface area contributed by atoms with Crippen molar-refractivity contribution in [2.45, 2.75) is 232 Å². The molecule has 0 aromatic rings. The number of unbranched alkanes of at least 4 members (excludes halogenated alkanes) is 10. The quantitative estimate of drug-likeness (QED) is 0.0261. The van der Waals surface area contributed by atoms with Crippen molar-refractivity contribution in [3.05, 3.63) is 207 Å². The number of ether oxygens (including phenoxy) is 3. The Morgan fingerprint density at radius 3 is 0.827 bits per heavy atom. The number of carbonyl (C=O) groups is 3. The summed E-state index contributed by atoms with van der Waals surface area (Å²) < 4.78 is 16.8. The lowest BCUT2D eigenvalue weighted by molar-refractivity contribution is -0.166. The molecule has 0 aliphatic carbocycles. The van der Waals surface area contributed by atoms with E-state index >= 15 is 0 Å². The molecule has 0 rings (SSSR count). The molecule has 0 fully saturated rings. The molecular weight excluding hydrogens is 997 g/mol. The topological polar surface area (TPSA) is 78.9 Å². The molecule has 0 N–H and O–H groups in total. The average Bonchev–Trinajstić information content (AvgIpc) is 3.47. The highest BCUT2D eigenvalue weighted by molar-refractivity contribution is 5.72. The molecule has 0 spiro atoms. The molecule has 6 heteroatoms. The van der Waals surface area contributed by atoms with Crippen LogP contribution in [0, 0.1) is 0 Å². The van der Waals surface area contributed by atoms with Crippen molar-refractivity contribution in [2.24, 2.45) is 0 Å². The summed E-state index contributed by atoms with van der Waals surface area (Å²) in [5, 5.41) is 0. The maximum absolute atomic E-state index is 12.9. The van der Waals surface area contributed by atoms with Gasteiger partial charge in [0.05, 0.1) is 6.42 Å². The van der Waals surface area contributed by atoms with Crippen LogP contribution in [0.1, 0.15) is 226 Å². The Kier molecular flexibility index (Phi) is 61.6. The molecule has 1 atom stereocenters. The van der Waals surface area contributed by atoms with Crippen molar-refractivity contribution in [1.29, 1.82) is 0 Å². The molecule has 0 saturated carbocycles. The van der Waals surface area contributed by atoms with E-state index in [1.807, 2.05) is 6.08 Å². The van der Waals surface area contributed by atoms with Crippen LogP contribution in [-0.2, 0) is 28.6 Å². The van der Waals surface area contributed by atoms with Crippen LogP contribution in [0.25, 0.3) is 0 Å². The molecule has 0 radical (unpaired) electrons. The SMILES string of the molecule is CC/C=C\C/C=C\C/C=C\C/C=C\C/C=C\C/C=C\CCCCCCCCCCC(=O)OCC(COC(=O)C/C=C\C/C=C\C/C=C\C/C=C\C/C=C\CC)OC(=O)CCCC/C=C\C/C=C\C/C=C\C/C=C\C/C=C\C/C=C\CC. The highest BCUT2D eigenvalue weighted by atomic mass is 16.6. The van der Waals surface area contributed by atoms with Crippen molar-refractivity contribution < 1.29 is 28.6 Å². The maximum Gasteiger partial charge on any atom is 0.309 e. The van der Waals surface area contributed by atoms with Gasteiger partial charge in [0.2, 0.25) is 0 Å². The monoisotopic (exact) mass is 1110 g/mol. The minimum atomic E-state index is -0.860. The van der Waals surface area contributed by atoms with Crippen molar-refractivity contribution >= 4 is 17.9 Å². The molecule has 0 saturated heterocycles. The number of hydrogen-bond donors (Lipinski definition) is 0. The summed E-state index contributed by atoms with van der Waals surface area (Å²) in [5.41, 5.74) is 0. The first-order valence-corrected chi connectivity index (χ1v) is 31.6. The smallest absolute Gasteiger partial charge is 0.309 e. The van der Waals surface area contributed by atoms with E-state index in [9.17, 15) is 14.4 Å². The molecule has 448 valence electrons. The van der Waals surface area contributed by atoms with Gasteiger partial charge in [-0.1, -0.05) is 266 Å². The predicted octanol–water partition coefficient (Wildman–Crippen LogP) is 22.0. The van der Waals surface area contributed by atoms with Crippen molar-refractivity contribution in [1.82, 2.24) is 0 Å². The van der Waals surface area contributed by atoms with E-state index in [1.165, 1.54) is 32.1 Å². The largest absolute Gasteiger partial charge is 0.462 e. The van der Waals surface area contributed by atoms with Crippen LogP contribution in [0.15, 0.2) is 207 Å². The first kappa shape index (κ1) is 75.0. The second-order valence-electron chi connectivity index (χ2n) is 19.8. The Balaban J connectivity index is 4.56. The van der Waals surface area contributed by atoms with Gasteiger partial charge in [0.1, 0.15) is 13.2 Å². The first-order chi connectivity index (χ1) is 40.0. The molecule has 0 amide bonds. The minimum absolute atomic E-state index is 0.104. The number of hydrogen-bond acceptors (Lipinski definition) is 6. The molecule has 0 aromatic heterocycles. The average molecular weight is 1110 g/mol. The van der Waals surface area contributed by atoms with E-state index in [0.717, 1.165) is 141 Å². The van der Waals surface area contributed by atoms with E-state index in [1.54, 1.807) is 6.08 Å². The molecule has 0 heterocycles. The molecule has 0 aromatic carbocycles. The van der Waals surface area contributed by atoms with E-state index in [0.29, 0.717) is 19.3 Å². The third-order valence-corrected chi connectivity index (χ3v) is 12.3. The van der Waals surface area contributed by atoms with Gasteiger partial charge >= 0.3 is 17.9 Å². The van der Waals surface area contributed by atoms with E-state index in [-0.39, 0.29) is 38.0 Å². The van der Waals surface area contributed by atoms with Crippen LogP contribution in [0.3, 0.4) is 0 Å². The zero-order valence-corrected chi connectivity index (χ0v) is 51.2. The van der Waals surface area contributed by atoms with Gasteiger partial charge in [-0.3, -0.25) is 14.4 Å². The summed E-state index contributed by atoms with van der Waals surface area (Å²) in [6.45, 7) is 6.14. The summed E-state index contributed by atoms with van der Waals surface area (Å²) in [6.07, 6.45) is 103. The first-order valence-electron chi connectivity index (χ1n) is 31.6. The summed E-state index contributed by atoms with van der Waals surface area (Å²) in [5.74, 6) is -1.14. The standard InChI is InChI=1S/C75H112O6/c1-4-7-10-13-16-19-22-25-28-30-32-34-35-36-37-38-39-41-42-44-47-50-53-56-59-62-65-68-74(77)80-71-72(70-79-73(76)67-64-61-58-55-52-49-46-27-24-21-18-15-12-9-6-3)81-75(78)69-66-63-60-57-54-51-48-45-43-40-33-31-29-26-23-20-17-14-11-8-5-2/h7-12,16-21,25-29,32-34,36-37,39-41,45-46,48,52,54-55,57,61,64,72H,4-6,13-15,22-24,30-31,35,38,42-44,47,49-51,53,56,58-60,62-63,65-71H2,1-3H3/b10-7-,11-8-,12-9-,19-16-,20-17-,21-18-,28-25-,29-26-,34-32-,37-36-,40-33-,41-39-,46-27-,48-45-,55-52-,57-54-,64-61-. The van der Waals surface area contributed by atoms with Gasteiger partial charge in [0.15, 0.2) is 6.10 Å². The number of carbonyl (C=O) groups excluding carboxylic acids is 3. The van der Waals surface area contributed by atoms with E-state index < -0.39 is 12.1 Å². The number of allylic oxidation sites excluding steroid dienone is 33. The highest BCUT2D eigenvalue weighted by Crippen LogP contribution is 2.13. The van der Waals surface area contributed by atoms with Crippen LogP contribution < -0.4 is 0 Å². The van der Waals surface area contributed by atoms with Gasteiger partial charge in [0.25, 0.3) is 0 Å². The predicted molar refractivity (Wildman–Crippen MR) is 352 cm³/mol. The number of esters is 3. The summed E-state index contributed by atoms with van der Waals surface area (Å²) in [6, 6.07) is 0. The van der Waals surface area contributed by atoms with E-state index in [4.69, 9.17) is 14.2 Å². The van der Waals surface area contributed by atoms with Crippen LogP contribution in [0.5, 0.6) is 0 Å². The van der Waals surface area contributed by atoms with Crippen molar-refractivity contribution in [2.75, 3.05) is 13.2 Å². The maximum atomic E-state index is 12.9. The van der Waals surface area contributed by atoms with Gasteiger partial charge in [-0.15, -0.1) is 0 Å². The van der Waals surface area contributed by atoms with Crippen LogP contribution >= 0.6 is 0 Å². The Morgan fingerprint density at radius 2 is 0.494 bits per heavy atom. The Hall–Kier alpha value is -6.01. The van der Waals surface area contributed by atoms with Crippen LogP contribution in [0.2, 0.25) is 0 Å². The fourth-order valence-electron chi connectivity index (χ4n) is 7.70. The minimum Gasteiger partial charge on any atom is -0.462 e. The lowest BCUT2D eigenvalue weighted by Gasteiger charge is -2.18.